The summed E-state index contributed by atoms with van der Waals surface area (Å²) in [7, 11) is 0. The average molecular weight is 1240 g/mol. The Kier molecular flexibility index (Phi) is 24.9. The molecule has 0 unspecified atom stereocenters. The number of nitrogens with one attached hydrogen (secondary N) is 3. The molecule has 91 heavy (non-hydrogen) atoms. The van der Waals surface area contributed by atoms with Crippen LogP contribution < -0.4 is 27.4 Å². The Morgan fingerprint density at radius 2 is 0.989 bits per heavy atom. The maximum atomic E-state index is 12.9. The van der Waals surface area contributed by atoms with Crippen molar-refractivity contribution in [2.75, 3.05) is 45.0 Å². The molecule has 21 nitrogen and oxygen atoms in total. The van der Waals surface area contributed by atoms with Gasteiger partial charge in [-0.25, -0.2) is 24.4 Å². The van der Waals surface area contributed by atoms with Crippen LogP contribution in [0.1, 0.15) is 102 Å². The number of nitrogens with zero attached hydrogens (tertiary/aromatic N) is 9. The van der Waals surface area contributed by atoms with Gasteiger partial charge in [0.1, 0.15) is 41.5 Å². The van der Waals surface area contributed by atoms with Crippen molar-refractivity contribution < 1.29 is 33.4 Å². The summed E-state index contributed by atoms with van der Waals surface area (Å²) in [5.41, 5.74) is 21.4. The normalized spacial score (nSPS) is 11.2. The number of hydrogen-bond acceptors (Lipinski definition) is 15. The smallest absolute Gasteiger partial charge is 0.410 e. The molecule has 4 amide bonds. The van der Waals surface area contributed by atoms with E-state index in [2.05, 4.69) is 52.2 Å². The summed E-state index contributed by atoms with van der Waals surface area (Å²) in [4.78, 5) is 74.9. The molecule has 0 saturated carbocycles. The zero-order valence-corrected chi connectivity index (χ0v) is 53.2. The third-order valence-electron chi connectivity index (χ3n) is 14.9. The van der Waals surface area contributed by atoms with Crippen LogP contribution in [0.3, 0.4) is 0 Å². The predicted molar refractivity (Wildman–Crippen MR) is 358 cm³/mol. The van der Waals surface area contributed by atoms with Crippen LogP contribution in [0.15, 0.2) is 152 Å². The summed E-state index contributed by atoms with van der Waals surface area (Å²) >= 11 is 0. The number of nitrogens with two attached hydrogens (primary N) is 2. The Balaban J connectivity index is 0.000000179. The molecule has 0 radical (unpaired) electrons. The minimum atomic E-state index is -0.470. The van der Waals surface area contributed by atoms with Crippen molar-refractivity contribution in [2.24, 2.45) is 5.73 Å². The van der Waals surface area contributed by atoms with Gasteiger partial charge in [-0.15, -0.1) is 0 Å². The van der Waals surface area contributed by atoms with Gasteiger partial charge in [-0.2, -0.15) is 0 Å². The third kappa shape index (κ3) is 19.4. The van der Waals surface area contributed by atoms with Gasteiger partial charge in [-0.1, -0.05) is 115 Å². The number of para-hydroxylation sites is 3. The first-order valence-corrected chi connectivity index (χ1v) is 31.3. The van der Waals surface area contributed by atoms with Crippen LogP contribution >= 0.6 is 0 Å². The summed E-state index contributed by atoms with van der Waals surface area (Å²) < 4.78 is 20.7. The van der Waals surface area contributed by atoms with Gasteiger partial charge in [0.15, 0.2) is 0 Å². The van der Waals surface area contributed by atoms with E-state index < -0.39 is 5.60 Å². The average Bonchev–Trinajstić information content (AvgIpc) is 1.73. The minimum absolute atomic E-state index is 0.0246. The number of benzene rings is 5. The standard InChI is InChI=1S/C27H31N5O3.C25H29N5O2.C18H26N4O2/c1-3-31(27(34)35-19-21-11-5-4-6-12-21)18-25-30-24-17-29-23-14-8-7-13-22(23)26(24)32(25)16-10-9-15-28-20(2)33;1-2-29(25(31)32-18-19-10-4-3-5-11-19)17-23-28-22-16-27-21-13-7-6-12-20(21)24(22)30(23)15-9-8-14-26;1-18(2,3)24-17(23)21-10-6-9-20-11-14-13-7-4-5-8-16(13)22-12-15(14)19/h4-8,11-14,17H,3,9-10,15-16,18-19H2,1-2H3,(H,28,33);3-7,10-13,16H,2,8-9,14-15,17-18,26H2,1H3;4-5,7-8,12,20H,6,9-11,19H2,1-3H3,(H,21,23). The number of anilines is 1. The molecular formula is C70H86N14O7. The van der Waals surface area contributed by atoms with E-state index in [4.69, 9.17) is 35.6 Å². The van der Waals surface area contributed by atoms with Gasteiger partial charge < -0.3 is 60.6 Å². The number of fused-ring (bicyclic) bond motifs is 7. The molecule has 0 saturated heterocycles. The predicted octanol–water partition coefficient (Wildman–Crippen LogP) is 12.0. The van der Waals surface area contributed by atoms with Crippen LogP contribution in [0.4, 0.5) is 20.1 Å². The zero-order chi connectivity index (χ0) is 64.5. The molecule has 0 aliphatic heterocycles. The number of rotatable bonds is 25. The molecule has 0 aliphatic rings. The number of alkyl carbamates (subject to hydrolysis) is 1. The molecule has 10 rings (SSSR count). The first-order valence-electron chi connectivity index (χ1n) is 31.3. The van der Waals surface area contributed by atoms with E-state index in [1.54, 1.807) is 22.2 Å². The third-order valence-corrected chi connectivity index (χ3v) is 14.9. The lowest BCUT2D eigenvalue weighted by atomic mass is 10.1. The second-order valence-electron chi connectivity index (χ2n) is 22.8. The highest BCUT2D eigenvalue weighted by atomic mass is 16.6. The van der Waals surface area contributed by atoms with Crippen LogP contribution in [0.25, 0.3) is 54.8 Å². The number of aromatic nitrogens is 7. The molecule has 0 aliphatic carbocycles. The fourth-order valence-corrected chi connectivity index (χ4v) is 10.3. The molecule has 0 fully saturated rings. The van der Waals surface area contributed by atoms with Gasteiger partial charge in [0.05, 0.1) is 65.0 Å². The van der Waals surface area contributed by atoms with Crippen LogP contribution in [-0.2, 0) is 64.9 Å². The molecule has 5 aromatic heterocycles. The Bertz CT molecular complexity index is 3980. The molecule has 0 bridgehead atoms. The van der Waals surface area contributed by atoms with Gasteiger partial charge in [-0.3, -0.25) is 19.7 Å². The molecule has 0 spiro atoms. The van der Waals surface area contributed by atoms with E-state index in [9.17, 15) is 19.2 Å². The summed E-state index contributed by atoms with van der Waals surface area (Å²) in [6, 6.07) is 43.4. The molecule has 7 N–H and O–H groups in total. The Morgan fingerprint density at radius 1 is 0.538 bits per heavy atom. The van der Waals surface area contributed by atoms with Crippen LogP contribution in [0.5, 0.6) is 0 Å². The van der Waals surface area contributed by atoms with Crippen molar-refractivity contribution in [1.29, 1.82) is 0 Å². The molecule has 21 heteroatoms. The number of pyridine rings is 3. The first kappa shape index (κ1) is 67.2. The summed E-state index contributed by atoms with van der Waals surface area (Å²) in [6.45, 7) is 17.9. The van der Waals surface area contributed by atoms with E-state index in [0.29, 0.717) is 58.0 Å². The lowest BCUT2D eigenvalue weighted by Crippen LogP contribution is -2.33. The second kappa shape index (κ2) is 33.7. The lowest BCUT2D eigenvalue weighted by Gasteiger charge is -2.21. The number of amides is 4. The van der Waals surface area contributed by atoms with Gasteiger partial charge in [0.25, 0.3) is 0 Å². The summed E-state index contributed by atoms with van der Waals surface area (Å²) in [5.74, 6) is 1.59. The molecular weight excluding hydrogens is 1150 g/mol. The number of nitrogen functional groups attached to an aromatic ring is 1. The van der Waals surface area contributed by atoms with Crippen LogP contribution in [0, 0.1) is 0 Å². The van der Waals surface area contributed by atoms with E-state index in [1.165, 1.54) is 6.92 Å². The van der Waals surface area contributed by atoms with E-state index in [-0.39, 0.29) is 37.4 Å². The summed E-state index contributed by atoms with van der Waals surface area (Å²) in [5, 5.41) is 12.1. The molecule has 10 aromatic rings. The van der Waals surface area contributed by atoms with Crippen molar-refractivity contribution in [3.8, 4) is 0 Å². The van der Waals surface area contributed by atoms with Gasteiger partial charge in [0, 0.05) is 68.9 Å². The number of carbonyl (C=O) groups is 4. The Hall–Kier alpha value is -9.73. The number of ether oxygens (including phenoxy) is 3. The van der Waals surface area contributed by atoms with Crippen molar-refractivity contribution in [2.45, 2.75) is 125 Å². The first-order chi connectivity index (χ1) is 44.1. The number of carbonyl (C=O) groups excluding carboxylic acids is 4. The van der Waals surface area contributed by atoms with Crippen molar-refractivity contribution in [1.82, 2.24) is 59.8 Å². The van der Waals surface area contributed by atoms with Crippen LogP contribution in [0.2, 0.25) is 0 Å². The molecule has 5 aromatic carbocycles. The Labute approximate surface area is 531 Å². The molecule has 0 atom stereocenters. The zero-order valence-electron chi connectivity index (χ0n) is 53.2. The fraction of sp³-hybridized carbons (Fsp3) is 0.357. The number of unbranched alkanes of at least 4 members (excludes halogenated alkanes) is 2. The number of imidazole rings is 2. The van der Waals surface area contributed by atoms with E-state index >= 15 is 0 Å². The highest BCUT2D eigenvalue weighted by Gasteiger charge is 2.23. The quantitative estimate of drug-likeness (QED) is 0.0263. The highest BCUT2D eigenvalue weighted by Crippen LogP contribution is 2.29. The lowest BCUT2D eigenvalue weighted by molar-refractivity contribution is -0.118. The molecule has 478 valence electrons. The van der Waals surface area contributed by atoms with Gasteiger partial charge >= 0.3 is 18.3 Å². The summed E-state index contributed by atoms with van der Waals surface area (Å²) in [6.07, 6.45) is 8.58. The maximum absolute atomic E-state index is 12.9. The van der Waals surface area contributed by atoms with Crippen molar-refractivity contribution in [3.05, 3.63) is 180 Å². The number of hydrogen-bond donors (Lipinski definition) is 5. The van der Waals surface area contributed by atoms with E-state index in [0.717, 1.165) is 135 Å². The maximum Gasteiger partial charge on any atom is 0.410 e. The molecule has 5 heterocycles. The minimum Gasteiger partial charge on any atom is -0.445 e. The van der Waals surface area contributed by atoms with Crippen LogP contribution in [-0.4, -0.2) is 113 Å². The Morgan fingerprint density at radius 3 is 1.47 bits per heavy atom. The van der Waals surface area contributed by atoms with Gasteiger partial charge in [-0.05, 0) is 115 Å². The van der Waals surface area contributed by atoms with Crippen molar-refractivity contribution in [3.63, 3.8) is 0 Å². The van der Waals surface area contributed by atoms with E-state index in [1.807, 2.05) is 162 Å². The van der Waals surface area contributed by atoms with Gasteiger partial charge in [0.2, 0.25) is 5.91 Å². The fourth-order valence-electron chi connectivity index (χ4n) is 10.3. The topological polar surface area (TPSA) is 265 Å². The van der Waals surface area contributed by atoms with Crippen molar-refractivity contribution >= 4 is 84.6 Å². The SMILES string of the molecule is CC(C)(C)OC(=O)NCCCNCc1c(N)cnc2ccccc12.CCN(Cc1nc2cnc3ccccc3c2n1CCCCN)C(=O)OCc1ccccc1.CCN(Cc1nc2cnc3ccccc3c2n1CCCCNC(C)=O)C(=O)OCc1ccccc1. The number of aryl methyl sites for hydroxylation is 2. The highest BCUT2D eigenvalue weighted by molar-refractivity contribution is 6.03. The monoisotopic (exact) mass is 1230 g/mol. The largest absolute Gasteiger partial charge is 0.445 e. The second-order valence-corrected chi connectivity index (χ2v) is 22.8.